The first-order chi connectivity index (χ1) is 9.47. The third kappa shape index (κ3) is 4.57. The van der Waals surface area contributed by atoms with E-state index >= 15 is 0 Å². The molecule has 0 aliphatic heterocycles. The van der Waals surface area contributed by atoms with Gasteiger partial charge in [-0.05, 0) is 30.5 Å². The third-order valence-corrected chi connectivity index (χ3v) is 3.23. The van der Waals surface area contributed by atoms with Gasteiger partial charge in [0.15, 0.2) is 0 Å². The van der Waals surface area contributed by atoms with Gasteiger partial charge < -0.3 is 15.4 Å². The standard InChI is InChI=1S/C15H22N2O3/c1-5-11(3)13(14(18)20-4)17-15(19)16-12-8-6-7-10(2)9-12/h6-9,11,13H,5H2,1-4H3,(H2,16,17,19)/t11-,13+/m1/s1. The maximum absolute atomic E-state index is 11.9. The Bertz CT molecular complexity index is 474. The number of urea groups is 1. The molecular formula is C15H22N2O3. The lowest BCUT2D eigenvalue weighted by atomic mass is 9.99. The fourth-order valence-corrected chi connectivity index (χ4v) is 1.83. The zero-order chi connectivity index (χ0) is 15.1. The number of amides is 2. The summed E-state index contributed by atoms with van der Waals surface area (Å²) in [5, 5.41) is 5.38. The van der Waals surface area contributed by atoms with Crippen LogP contribution in [-0.2, 0) is 9.53 Å². The quantitative estimate of drug-likeness (QED) is 0.814. The van der Waals surface area contributed by atoms with Crippen molar-refractivity contribution in [3.63, 3.8) is 0 Å². The van der Waals surface area contributed by atoms with E-state index in [1.165, 1.54) is 7.11 Å². The van der Waals surface area contributed by atoms with Gasteiger partial charge in [-0.25, -0.2) is 9.59 Å². The number of ether oxygens (including phenoxy) is 1. The molecule has 110 valence electrons. The zero-order valence-corrected chi connectivity index (χ0v) is 12.4. The van der Waals surface area contributed by atoms with Crippen LogP contribution < -0.4 is 10.6 Å². The molecule has 5 heteroatoms. The molecule has 0 saturated heterocycles. The summed E-state index contributed by atoms with van der Waals surface area (Å²) in [6.07, 6.45) is 0.768. The zero-order valence-electron chi connectivity index (χ0n) is 12.4. The predicted molar refractivity (Wildman–Crippen MR) is 78.6 cm³/mol. The monoisotopic (exact) mass is 278 g/mol. The van der Waals surface area contributed by atoms with Crippen molar-refractivity contribution in [3.05, 3.63) is 29.8 Å². The van der Waals surface area contributed by atoms with E-state index < -0.39 is 18.0 Å². The van der Waals surface area contributed by atoms with Gasteiger partial charge >= 0.3 is 12.0 Å². The molecule has 1 aromatic rings. The number of carbonyl (C=O) groups excluding carboxylic acids is 2. The molecule has 5 nitrogen and oxygen atoms in total. The lowest BCUT2D eigenvalue weighted by molar-refractivity contribution is -0.144. The van der Waals surface area contributed by atoms with E-state index in [-0.39, 0.29) is 5.92 Å². The summed E-state index contributed by atoms with van der Waals surface area (Å²) in [5.41, 5.74) is 1.74. The van der Waals surface area contributed by atoms with Crippen LogP contribution in [0.2, 0.25) is 0 Å². The van der Waals surface area contributed by atoms with E-state index in [0.29, 0.717) is 5.69 Å². The molecule has 0 radical (unpaired) electrons. The molecule has 1 aromatic carbocycles. The largest absolute Gasteiger partial charge is 0.467 e. The molecule has 2 atom stereocenters. The minimum atomic E-state index is -0.644. The molecule has 0 aliphatic rings. The summed E-state index contributed by atoms with van der Waals surface area (Å²) in [4.78, 5) is 23.6. The van der Waals surface area contributed by atoms with E-state index in [1.54, 1.807) is 6.07 Å². The smallest absolute Gasteiger partial charge is 0.328 e. The number of hydrogen-bond acceptors (Lipinski definition) is 3. The molecule has 0 spiro atoms. The third-order valence-electron chi connectivity index (χ3n) is 3.23. The fourth-order valence-electron chi connectivity index (χ4n) is 1.83. The van der Waals surface area contributed by atoms with Crippen LogP contribution in [0.25, 0.3) is 0 Å². The van der Waals surface area contributed by atoms with Crippen molar-refractivity contribution in [2.75, 3.05) is 12.4 Å². The van der Waals surface area contributed by atoms with E-state index in [0.717, 1.165) is 12.0 Å². The van der Waals surface area contributed by atoms with Gasteiger partial charge in [0.2, 0.25) is 0 Å². The summed E-state index contributed by atoms with van der Waals surface area (Å²) in [6.45, 7) is 5.80. The highest BCUT2D eigenvalue weighted by atomic mass is 16.5. The van der Waals surface area contributed by atoms with Crippen LogP contribution in [0.5, 0.6) is 0 Å². The second-order valence-corrected chi connectivity index (χ2v) is 4.85. The van der Waals surface area contributed by atoms with Gasteiger partial charge in [-0.3, -0.25) is 0 Å². The lowest BCUT2D eigenvalue weighted by Crippen LogP contribution is -2.47. The number of esters is 1. The van der Waals surface area contributed by atoms with E-state index in [9.17, 15) is 9.59 Å². The molecule has 0 aromatic heterocycles. The SMILES string of the molecule is CC[C@@H](C)[C@H](NC(=O)Nc1cccc(C)c1)C(=O)OC. The van der Waals surface area contributed by atoms with E-state index in [1.807, 2.05) is 39.0 Å². The van der Waals surface area contributed by atoms with Gasteiger partial charge in [0.25, 0.3) is 0 Å². The molecule has 0 heterocycles. The van der Waals surface area contributed by atoms with Crippen LogP contribution in [0.3, 0.4) is 0 Å². The topological polar surface area (TPSA) is 67.4 Å². The molecule has 0 fully saturated rings. The van der Waals surface area contributed by atoms with Gasteiger partial charge in [-0.15, -0.1) is 0 Å². The first-order valence-corrected chi connectivity index (χ1v) is 6.70. The summed E-state index contributed by atoms with van der Waals surface area (Å²) >= 11 is 0. The summed E-state index contributed by atoms with van der Waals surface area (Å²) in [6, 6.07) is 6.40. The molecular weight excluding hydrogens is 256 g/mol. The number of benzene rings is 1. The first kappa shape index (κ1) is 16.0. The minimum absolute atomic E-state index is 0.00529. The lowest BCUT2D eigenvalue weighted by Gasteiger charge is -2.22. The van der Waals surface area contributed by atoms with Crippen molar-refractivity contribution in [1.29, 1.82) is 0 Å². The molecule has 2 amide bonds. The molecule has 20 heavy (non-hydrogen) atoms. The van der Waals surface area contributed by atoms with Gasteiger partial charge in [0.05, 0.1) is 7.11 Å². The van der Waals surface area contributed by atoms with Crippen LogP contribution in [0.4, 0.5) is 10.5 Å². The van der Waals surface area contributed by atoms with Crippen molar-refractivity contribution in [3.8, 4) is 0 Å². The van der Waals surface area contributed by atoms with Crippen LogP contribution in [0, 0.1) is 12.8 Å². The predicted octanol–water partition coefficient (Wildman–Crippen LogP) is 2.70. The van der Waals surface area contributed by atoms with Gasteiger partial charge in [-0.1, -0.05) is 32.4 Å². The van der Waals surface area contributed by atoms with Gasteiger partial charge in [0, 0.05) is 5.69 Å². The number of nitrogens with one attached hydrogen (secondary N) is 2. The van der Waals surface area contributed by atoms with Gasteiger partial charge in [0.1, 0.15) is 6.04 Å². The summed E-state index contributed by atoms with van der Waals surface area (Å²) in [7, 11) is 1.32. The molecule has 1 rings (SSSR count). The second-order valence-electron chi connectivity index (χ2n) is 4.85. The maximum atomic E-state index is 11.9. The second kappa shape index (κ2) is 7.53. The summed E-state index contributed by atoms with van der Waals surface area (Å²) < 4.78 is 4.72. The molecule has 0 unspecified atom stereocenters. The average molecular weight is 278 g/mol. The highest BCUT2D eigenvalue weighted by Crippen LogP contribution is 2.11. The van der Waals surface area contributed by atoms with Crippen molar-refractivity contribution in [2.45, 2.75) is 33.2 Å². The van der Waals surface area contributed by atoms with Crippen LogP contribution in [-0.4, -0.2) is 25.2 Å². The van der Waals surface area contributed by atoms with Crippen LogP contribution in [0.1, 0.15) is 25.8 Å². The van der Waals surface area contributed by atoms with E-state index in [4.69, 9.17) is 4.74 Å². The number of hydrogen-bond donors (Lipinski definition) is 2. The molecule has 0 saturated carbocycles. The number of methoxy groups -OCH3 is 1. The fraction of sp³-hybridized carbons (Fsp3) is 0.467. The average Bonchev–Trinajstić information content (AvgIpc) is 2.43. The minimum Gasteiger partial charge on any atom is -0.467 e. The molecule has 0 aliphatic carbocycles. The van der Waals surface area contributed by atoms with Crippen molar-refractivity contribution in [2.24, 2.45) is 5.92 Å². The molecule has 0 bridgehead atoms. The Labute approximate surface area is 119 Å². The van der Waals surface area contributed by atoms with Crippen molar-refractivity contribution >= 4 is 17.7 Å². The number of aryl methyl sites for hydroxylation is 1. The normalized spacial score (nSPS) is 13.2. The first-order valence-electron chi connectivity index (χ1n) is 6.70. The maximum Gasteiger partial charge on any atom is 0.328 e. The van der Waals surface area contributed by atoms with E-state index in [2.05, 4.69) is 10.6 Å². The number of rotatable bonds is 5. The Morgan fingerprint density at radius 2 is 2.05 bits per heavy atom. The van der Waals surface area contributed by atoms with Crippen molar-refractivity contribution < 1.29 is 14.3 Å². The highest BCUT2D eigenvalue weighted by Gasteiger charge is 2.26. The Morgan fingerprint density at radius 3 is 2.60 bits per heavy atom. The highest BCUT2D eigenvalue weighted by molar-refractivity contribution is 5.92. The number of anilines is 1. The van der Waals surface area contributed by atoms with Crippen LogP contribution >= 0.6 is 0 Å². The summed E-state index contributed by atoms with van der Waals surface area (Å²) in [5.74, 6) is -0.426. The van der Waals surface area contributed by atoms with Crippen LogP contribution in [0.15, 0.2) is 24.3 Å². The Morgan fingerprint density at radius 1 is 1.35 bits per heavy atom. The van der Waals surface area contributed by atoms with Gasteiger partial charge in [-0.2, -0.15) is 0 Å². The Kier molecular flexibility index (Phi) is 6.03. The Hall–Kier alpha value is -2.04. The molecule has 2 N–H and O–H groups in total. The Balaban J connectivity index is 2.69. The number of carbonyl (C=O) groups is 2. The van der Waals surface area contributed by atoms with Crippen molar-refractivity contribution in [1.82, 2.24) is 5.32 Å².